The van der Waals surface area contributed by atoms with Crippen LogP contribution in [0.25, 0.3) is 0 Å². The van der Waals surface area contributed by atoms with Crippen molar-refractivity contribution < 1.29 is 9.13 Å². The lowest BCUT2D eigenvalue weighted by Crippen LogP contribution is -2.44. The summed E-state index contributed by atoms with van der Waals surface area (Å²) >= 11 is 1.26. The molecular formula is C28H36FN3OS. The van der Waals surface area contributed by atoms with Crippen LogP contribution in [-0.2, 0) is 16.7 Å². The highest BCUT2D eigenvalue weighted by atomic mass is 32.1. The zero-order valence-corrected chi connectivity index (χ0v) is 21.6. The molecule has 0 saturated carbocycles. The molecule has 4 heterocycles. The van der Waals surface area contributed by atoms with Crippen molar-refractivity contribution in [1.82, 2.24) is 14.9 Å². The van der Waals surface area contributed by atoms with Gasteiger partial charge in [0.15, 0.2) is 5.13 Å². The minimum Gasteiger partial charge on any atom is -0.373 e. The van der Waals surface area contributed by atoms with E-state index in [1.165, 1.54) is 16.9 Å². The second-order valence-electron chi connectivity index (χ2n) is 9.68. The third-order valence-electron chi connectivity index (χ3n) is 7.68. The van der Waals surface area contributed by atoms with E-state index in [9.17, 15) is 4.39 Å². The second-order valence-corrected chi connectivity index (χ2v) is 10.8. The minimum absolute atomic E-state index is 0.0572. The summed E-state index contributed by atoms with van der Waals surface area (Å²) in [6.45, 7) is 11.2. The number of rotatable bonds is 10. The third kappa shape index (κ3) is 5.09. The van der Waals surface area contributed by atoms with Crippen molar-refractivity contribution in [2.45, 2.75) is 65.0 Å². The standard InChI is InChI=1S/C28H36FN3OS/c1-5-27(4,23-10-9-21(3)31-19-23)32-17-15-28(20-32,14-13-24-11-12-25(29)34-24)26(33-6-2)22-8-7-16-30-18-22/h7-12,16,18-19,26H,5-6,13-15,17,20H2,1-4H3/t26?,27?,28-/m1/s1. The highest BCUT2D eigenvalue weighted by molar-refractivity contribution is 7.10. The molecule has 1 saturated heterocycles. The molecule has 0 radical (unpaired) electrons. The molecule has 0 N–H and O–H groups in total. The van der Waals surface area contributed by atoms with Gasteiger partial charge in [0.2, 0.25) is 0 Å². The van der Waals surface area contributed by atoms with Crippen LogP contribution in [0.3, 0.4) is 0 Å². The Balaban J connectivity index is 1.68. The van der Waals surface area contributed by atoms with Gasteiger partial charge in [-0.2, -0.15) is 4.39 Å². The molecule has 0 spiro atoms. The average molecular weight is 482 g/mol. The van der Waals surface area contributed by atoms with Crippen LogP contribution in [0.15, 0.2) is 55.0 Å². The summed E-state index contributed by atoms with van der Waals surface area (Å²) in [6.07, 6.45) is 9.54. The van der Waals surface area contributed by atoms with Gasteiger partial charge in [-0.05, 0) is 88.4 Å². The molecule has 2 unspecified atom stereocenters. The Bertz CT molecular complexity index is 1060. The summed E-state index contributed by atoms with van der Waals surface area (Å²) in [5.41, 5.74) is 3.22. The van der Waals surface area contributed by atoms with E-state index in [0.717, 1.165) is 54.9 Å². The lowest BCUT2D eigenvalue weighted by Gasteiger charge is -2.42. The maximum absolute atomic E-state index is 13.7. The number of aromatic nitrogens is 2. The van der Waals surface area contributed by atoms with Crippen molar-refractivity contribution >= 4 is 11.3 Å². The first-order valence-corrected chi connectivity index (χ1v) is 13.2. The molecule has 3 aromatic rings. The van der Waals surface area contributed by atoms with Gasteiger partial charge < -0.3 is 4.74 Å². The number of hydrogen-bond acceptors (Lipinski definition) is 5. The van der Waals surface area contributed by atoms with Crippen LogP contribution >= 0.6 is 11.3 Å². The first kappa shape index (κ1) is 25.0. The highest BCUT2D eigenvalue weighted by Gasteiger charge is 2.49. The van der Waals surface area contributed by atoms with E-state index in [4.69, 9.17) is 4.74 Å². The van der Waals surface area contributed by atoms with Gasteiger partial charge in [0, 0.05) is 53.3 Å². The van der Waals surface area contributed by atoms with Crippen molar-refractivity contribution in [3.8, 4) is 0 Å². The fraction of sp³-hybridized carbons (Fsp3) is 0.500. The minimum atomic E-state index is -0.115. The number of hydrogen-bond donors (Lipinski definition) is 0. The van der Waals surface area contributed by atoms with E-state index >= 15 is 0 Å². The number of thiophene rings is 1. The van der Waals surface area contributed by atoms with Crippen LogP contribution in [0, 0.1) is 17.5 Å². The predicted molar refractivity (Wildman–Crippen MR) is 136 cm³/mol. The number of ether oxygens (including phenoxy) is 1. The maximum Gasteiger partial charge on any atom is 0.176 e. The molecule has 3 aromatic heterocycles. The molecule has 0 aliphatic carbocycles. The van der Waals surface area contributed by atoms with E-state index in [2.05, 4.69) is 53.8 Å². The molecule has 6 heteroatoms. The zero-order chi connectivity index (χ0) is 24.2. The number of likely N-dealkylation sites (tertiary alicyclic amines) is 1. The van der Waals surface area contributed by atoms with Crippen LogP contribution in [-0.4, -0.2) is 34.6 Å². The van der Waals surface area contributed by atoms with Crippen LogP contribution < -0.4 is 0 Å². The molecule has 1 aliphatic heterocycles. The van der Waals surface area contributed by atoms with Gasteiger partial charge in [-0.3, -0.25) is 14.9 Å². The molecule has 182 valence electrons. The van der Waals surface area contributed by atoms with Crippen molar-refractivity contribution in [1.29, 1.82) is 0 Å². The Hall–Kier alpha value is -2.15. The summed E-state index contributed by atoms with van der Waals surface area (Å²) in [6, 6.07) is 12.0. The Morgan fingerprint density at radius 3 is 2.68 bits per heavy atom. The van der Waals surface area contributed by atoms with Gasteiger partial charge in [0.25, 0.3) is 0 Å². The molecule has 0 bridgehead atoms. The van der Waals surface area contributed by atoms with Gasteiger partial charge in [-0.15, -0.1) is 11.3 Å². The van der Waals surface area contributed by atoms with Crippen molar-refractivity contribution in [2.24, 2.45) is 5.41 Å². The third-order valence-corrected chi connectivity index (χ3v) is 8.61. The monoisotopic (exact) mass is 481 g/mol. The lowest BCUT2D eigenvalue weighted by molar-refractivity contribution is -0.0447. The average Bonchev–Trinajstić information content (AvgIpc) is 3.49. The molecule has 4 nitrogen and oxygen atoms in total. The zero-order valence-electron chi connectivity index (χ0n) is 20.8. The van der Waals surface area contributed by atoms with Crippen molar-refractivity contribution in [3.05, 3.63) is 81.8 Å². The van der Waals surface area contributed by atoms with E-state index in [1.807, 2.05) is 37.6 Å². The lowest BCUT2D eigenvalue weighted by atomic mass is 9.74. The molecular weight excluding hydrogens is 445 g/mol. The molecule has 3 atom stereocenters. The fourth-order valence-corrected chi connectivity index (χ4v) is 6.17. The molecule has 34 heavy (non-hydrogen) atoms. The summed E-state index contributed by atoms with van der Waals surface area (Å²) in [5, 5.41) is -0.115. The Kier molecular flexibility index (Phi) is 7.80. The van der Waals surface area contributed by atoms with Crippen LogP contribution in [0.5, 0.6) is 0 Å². The number of aryl methyl sites for hydroxylation is 2. The van der Waals surface area contributed by atoms with Crippen molar-refractivity contribution in [2.75, 3.05) is 19.7 Å². The van der Waals surface area contributed by atoms with Gasteiger partial charge in [-0.1, -0.05) is 19.1 Å². The van der Waals surface area contributed by atoms with E-state index in [-0.39, 0.29) is 22.2 Å². The summed E-state index contributed by atoms with van der Waals surface area (Å²) in [5.74, 6) is 0. The van der Waals surface area contributed by atoms with Gasteiger partial charge in [0.1, 0.15) is 0 Å². The summed E-state index contributed by atoms with van der Waals surface area (Å²) < 4.78 is 20.2. The topological polar surface area (TPSA) is 38.2 Å². The van der Waals surface area contributed by atoms with Gasteiger partial charge in [-0.25, -0.2) is 0 Å². The van der Waals surface area contributed by atoms with Crippen molar-refractivity contribution in [3.63, 3.8) is 0 Å². The SMILES string of the molecule is CCOC(c1cccnc1)[C@]1(CCc2ccc(F)s2)CCN(C(C)(CC)c2ccc(C)nc2)C1. The van der Waals surface area contributed by atoms with E-state index in [0.29, 0.717) is 6.61 Å². The number of nitrogens with zero attached hydrogens (tertiary/aromatic N) is 3. The predicted octanol–water partition coefficient (Wildman–Crippen LogP) is 6.71. The first-order chi connectivity index (χ1) is 16.4. The second kappa shape index (κ2) is 10.6. The molecule has 1 fully saturated rings. The van der Waals surface area contributed by atoms with Gasteiger partial charge >= 0.3 is 0 Å². The number of halogens is 1. The molecule has 0 aromatic carbocycles. The van der Waals surface area contributed by atoms with E-state index < -0.39 is 0 Å². The van der Waals surface area contributed by atoms with Crippen LogP contribution in [0.2, 0.25) is 0 Å². The Morgan fingerprint density at radius 2 is 2.06 bits per heavy atom. The van der Waals surface area contributed by atoms with Gasteiger partial charge in [0.05, 0.1) is 6.10 Å². The maximum atomic E-state index is 13.7. The first-order valence-electron chi connectivity index (χ1n) is 12.3. The van der Waals surface area contributed by atoms with E-state index in [1.54, 1.807) is 6.07 Å². The normalized spacial score (nSPS) is 21.4. The fourth-order valence-electron chi connectivity index (χ4n) is 5.45. The summed E-state index contributed by atoms with van der Waals surface area (Å²) in [4.78, 5) is 12.7. The quantitative estimate of drug-likeness (QED) is 0.322. The Labute approximate surface area is 207 Å². The molecule has 0 amide bonds. The number of pyridine rings is 2. The summed E-state index contributed by atoms with van der Waals surface area (Å²) in [7, 11) is 0. The molecule has 1 aliphatic rings. The van der Waals surface area contributed by atoms with Crippen LogP contribution in [0.1, 0.15) is 67.8 Å². The largest absolute Gasteiger partial charge is 0.373 e. The molecule has 4 rings (SSSR count). The van der Waals surface area contributed by atoms with Crippen LogP contribution in [0.4, 0.5) is 4.39 Å². The Morgan fingerprint density at radius 1 is 1.21 bits per heavy atom. The smallest absolute Gasteiger partial charge is 0.176 e. The highest BCUT2D eigenvalue weighted by Crippen LogP contribution is 2.51.